The lowest BCUT2D eigenvalue weighted by molar-refractivity contribution is 0.00450. The molecule has 1 atom stereocenters. The molecule has 0 bridgehead atoms. The predicted molar refractivity (Wildman–Crippen MR) is 80.9 cm³/mol. The highest BCUT2D eigenvalue weighted by Gasteiger charge is 2.33. The Kier molecular flexibility index (Phi) is 5.38. The van der Waals surface area contributed by atoms with Gasteiger partial charge in [0.05, 0.1) is 23.6 Å². The summed E-state index contributed by atoms with van der Waals surface area (Å²) in [7, 11) is -2.46. The number of methoxy groups -OCH3 is 1. The van der Waals surface area contributed by atoms with E-state index in [-0.39, 0.29) is 35.5 Å². The van der Waals surface area contributed by atoms with E-state index in [0.29, 0.717) is 10.4 Å². The van der Waals surface area contributed by atoms with Crippen molar-refractivity contribution in [2.45, 2.75) is 11.0 Å². The van der Waals surface area contributed by atoms with Crippen molar-refractivity contribution in [3.63, 3.8) is 0 Å². The minimum Gasteiger partial charge on any atom is -0.465 e. The fraction of sp³-hybridized carbons (Fsp3) is 0.545. The third-order valence-corrected chi connectivity index (χ3v) is 7.12. The fourth-order valence-corrected chi connectivity index (χ4v) is 5.81. The maximum atomic E-state index is 12.6. The summed E-state index contributed by atoms with van der Waals surface area (Å²) in [6.45, 7) is 1.01. The van der Waals surface area contributed by atoms with Crippen LogP contribution in [0.3, 0.4) is 0 Å². The van der Waals surface area contributed by atoms with Crippen molar-refractivity contribution in [3.05, 3.63) is 14.7 Å². The third kappa shape index (κ3) is 3.46. The van der Waals surface area contributed by atoms with Crippen LogP contribution < -0.4 is 5.73 Å². The van der Waals surface area contributed by atoms with Crippen LogP contribution in [0.15, 0.2) is 14.7 Å². The molecule has 1 saturated heterocycles. The maximum absolute atomic E-state index is 12.6. The molecule has 0 spiro atoms. The van der Waals surface area contributed by atoms with Crippen molar-refractivity contribution in [2.24, 2.45) is 5.73 Å². The minimum atomic E-state index is -3.70. The van der Waals surface area contributed by atoms with Gasteiger partial charge < -0.3 is 15.2 Å². The number of nitrogens with zero attached hydrogens (tertiary/aromatic N) is 1. The SMILES string of the molecule is COC(=O)c1cc(S(=O)(=O)N2CCOC(CN)C2)c(Br)s1. The van der Waals surface area contributed by atoms with E-state index in [2.05, 4.69) is 20.7 Å². The Morgan fingerprint density at radius 3 is 3.00 bits per heavy atom. The normalized spacial score (nSPS) is 20.4. The van der Waals surface area contributed by atoms with Gasteiger partial charge in [0.2, 0.25) is 10.0 Å². The lowest BCUT2D eigenvalue weighted by Gasteiger charge is -2.31. The van der Waals surface area contributed by atoms with Crippen LogP contribution in [0.1, 0.15) is 9.67 Å². The van der Waals surface area contributed by atoms with Crippen LogP contribution in [0.25, 0.3) is 0 Å². The van der Waals surface area contributed by atoms with E-state index in [0.717, 1.165) is 11.3 Å². The van der Waals surface area contributed by atoms with E-state index in [4.69, 9.17) is 10.5 Å². The molecular formula is C11H15BrN2O5S2. The van der Waals surface area contributed by atoms with Gasteiger partial charge in [0.25, 0.3) is 0 Å². The average Bonchev–Trinajstić information content (AvgIpc) is 2.89. The van der Waals surface area contributed by atoms with Gasteiger partial charge in [-0.3, -0.25) is 0 Å². The second-order valence-electron chi connectivity index (χ2n) is 4.33. The second-order valence-corrected chi connectivity index (χ2v) is 8.61. The Morgan fingerprint density at radius 2 is 2.38 bits per heavy atom. The topological polar surface area (TPSA) is 98.9 Å². The molecule has 1 aliphatic rings. The van der Waals surface area contributed by atoms with Crippen molar-refractivity contribution in [3.8, 4) is 0 Å². The summed E-state index contributed by atoms with van der Waals surface area (Å²) in [6, 6.07) is 1.32. The Hall–Kier alpha value is -0.520. The third-order valence-electron chi connectivity index (χ3n) is 3.02. The standard InChI is InChI=1S/C11H15BrN2O5S2/c1-18-11(15)8-4-9(10(12)20-8)21(16,17)14-2-3-19-7(5-13)6-14/h4,7H,2-3,5-6,13H2,1H3. The molecule has 0 saturated carbocycles. The molecule has 21 heavy (non-hydrogen) atoms. The molecule has 2 heterocycles. The summed E-state index contributed by atoms with van der Waals surface area (Å²) in [5.41, 5.74) is 5.52. The molecule has 7 nitrogen and oxygen atoms in total. The first-order valence-electron chi connectivity index (χ1n) is 6.09. The Balaban J connectivity index is 2.31. The van der Waals surface area contributed by atoms with Crippen LogP contribution in [0.4, 0.5) is 0 Å². The number of morpholine rings is 1. The first-order valence-corrected chi connectivity index (χ1v) is 9.14. The molecule has 0 aromatic carbocycles. The summed E-state index contributed by atoms with van der Waals surface area (Å²) in [6.07, 6.45) is -0.314. The molecule has 1 fully saturated rings. The number of halogens is 1. The highest BCUT2D eigenvalue weighted by Crippen LogP contribution is 2.34. The van der Waals surface area contributed by atoms with Gasteiger partial charge in [0, 0.05) is 19.6 Å². The molecule has 2 rings (SSSR count). The van der Waals surface area contributed by atoms with E-state index in [1.807, 2.05) is 0 Å². The summed E-state index contributed by atoms with van der Waals surface area (Å²) in [5.74, 6) is -0.566. The van der Waals surface area contributed by atoms with Gasteiger partial charge in [-0.2, -0.15) is 4.31 Å². The van der Waals surface area contributed by atoms with E-state index < -0.39 is 16.0 Å². The van der Waals surface area contributed by atoms with Crippen LogP contribution >= 0.6 is 27.3 Å². The number of thiophene rings is 1. The number of carbonyl (C=O) groups excluding carboxylic acids is 1. The number of rotatable bonds is 4. The number of esters is 1. The lowest BCUT2D eigenvalue weighted by atomic mass is 10.3. The molecule has 0 amide bonds. The molecule has 118 valence electrons. The van der Waals surface area contributed by atoms with Crippen molar-refractivity contribution >= 4 is 43.3 Å². The van der Waals surface area contributed by atoms with Gasteiger partial charge in [0.1, 0.15) is 9.77 Å². The molecule has 1 aromatic heterocycles. The highest BCUT2D eigenvalue weighted by molar-refractivity contribution is 9.11. The number of hydrogen-bond donors (Lipinski definition) is 1. The van der Waals surface area contributed by atoms with Crippen molar-refractivity contribution in [1.29, 1.82) is 0 Å². The number of hydrogen-bond acceptors (Lipinski definition) is 7. The fourth-order valence-electron chi connectivity index (χ4n) is 1.92. The molecule has 1 aromatic rings. The Morgan fingerprint density at radius 1 is 1.67 bits per heavy atom. The zero-order valence-corrected chi connectivity index (χ0v) is 14.5. The number of ether oxygens (including phenoxy) is 2. The Bertz CT molecular complexity index is 631. The van der Waals surface area contributed by atoms with Crippen LogP contribution in [0.5, 0.6) is 0 Å². The predicted octanol–water partition coefficient (Wildman–Crippen LogP) is 0.645. The lowest BCUT2D eigenvalue weighted by Crippen LogP contribution is -2.48. The summed E-state index contributed by atoms with van der Waals surface area (Å²) >= 11 is 4.22. The van der Waals surface area contributed by atoms with E-state index in [1.165, 1.54) is 17.5 Å². The van der Waals surface area contributed by atoms with Gasteiger partial charge in [-0.1, -0.05) is 0 Å². The smallest absolute Gasteiger partial charge is 0.348 e. The van der Waals surface area contributed by atoms with Crippen LogP contribution in [0, 0.1) is 0 Å². The number of nitrogens with two attached hydrogens (primary N) is 1. The highest BCUT2D eigenvalue weighted by atomic mass is 79.9. The molecule has 0 radical (unpaired) electrons. The first kappa shape index (κ1) is 16.8. The molecule has 1 unspecified atom stereocenters. The largest absolute Gasteiger partial charge is 0.465 e. The van der Waals surface area contributed by atoms with E-state index in [1.54, 1.807) is 0 Å². The summed E-state index contributed by atoms with van der Waals surface area (Å²) < 4.78 is 37.0. The maximum Gasteiger partial charge on any atom is 0.348 e. The van der Waals surface area contributed by atoms with Crippen molar-refractivity contribution in [1.82, 2.24) is 4.31 Å². The summed E-state index contributed by atoms with van der Waals surface area (Å²) in [5, 5.41) is 0. The van der Waals surface area contributed by atoms with Crippen LogP contribution in [0.2, 0.25) is 0 Å². The van der Waals surface area contributed by atoms with Gasteiger partial charge in [0.15, 0.2) is 0 Å². The zero-order chi connectivity index (χ0) is 15.6. The van der Waals surface area contributed by atoms with Crippen molar-refractivity contribution < 1.29 is 22.7 Å². The Labute approximate surface area is 135 Å². The summed E-state index contributed by atoms with van der Waals surface area (Å²) in [4.78, 5) is 11.8. The van der Waals surface area contributed by atoms with Crippen LogP contribution in [-0.2, 0) is 19.5 Å². The van der Waals surface area contributed by atoms with Gasteiger partial charge in [-0.05, 0) is 22.0 Å². The zero-order valence-electron chi connectivity index (χ0n) is 11.2. The molecule has 1 aliphatic heterocycles. The van der Waals surface area contributed by atoms with Gasteiger partial charge in [-0.15, -0.1) is 11.3 Å². The monoisotopic (exact) mass is 398 g/mol. The molecule has 0 aliphatic carbocycles. The minimum absolute atomic E-state index is 0.0607. The molecule has 10 heteroatoms. The van der Waals surface area contributed by atoms with Crippen LogP contribution in [-0.4, -0.2) is 58.1 Å². The number of sulfonamides is 1. The van der Waals surface area contributed by atoms with Gasteiger partial charge >= 0.3 is 5.97 Å². The van der Waals surface area contributed by atoms with Crippen molar-refractivity contribution in [2.75, 3.05) is 33.4 Å². The molecular weight excluding hydrogens is 384 g/mol. The number of carbonyl (C=O) groups is 1. The van der Waals surface area contributed by atoms with E-state index in [9.17, 15) is 13.2 Å². The second kappa shape index (κ2) is 6.71. The van der Waals surface area contributed by atoms with Gasteiger partial charge in [-0.25, -0.2) is 13.2 Å². The molecule has 2 N–H and O–H groups in total. The first-order chi connectivity index (χ1) is 9.90. The van der Waals surface area contributed by atoms with E-state index >= 15 is 0 Å². The average molecular weight is 399 g/mol. The quantitative estimate of drug-likeness (QED) is 0.747.